The van der Waals surface area contributed by atoms with Crippen molar-refractivity contribution >= 4 is 5.65 Å². The molecule has 0 spiro atoms. The number of imidazole rings is 1. The van der Waals surface area contributed by atoms with Crippen molar-refractivity contribution in [3.05, 3.63) is 30.5 Å². The lowest BCUT2D eigenvalue weighted by molar-refractivity contribution is 1.07. The van der Waals surface area contributed by atoms with E-state index in [-0.39, 0.29) is 0 Å². The third-order valence-corrected chi connectivity index (χ3v) is 1.50. The number of fused-ring (bicyclic) bond motifs is 1. The summed E-state index contributed by atoms with van der Waals surface area (Å²) in [7, 11) is 0. The molecule has 3 heteroatoms. The first-order chi connectivity index (χ1) is 6.88. The van der Waals surface area contributed by atoms with E-state index in [2.05, 4.69) is 9.97 Å². The van der Waals surface area contributed by atoms with E-state index in [1.165, 1.54) is 0 Å². The van der Waals surface area contributed by atoms with Gasteiger partial charge in [-0.25, -0.2) is 4.98 Å². The first kappa shape index (κ1) is 12.6. The highest BCUT2D eigenvalue weighted by Gasteiger charge is 1.94. The summed E-state index contributed by atoms with van der Waals surface area (Å²) in [5, 5.41) is 0. The van der Waals surface area contributed by atoms with Crippen molar-refractivity contribution in [1.29, 1.82) is 0 Å². The summed E-state index contributed by atoms with van der Waals surface area (Å²) in [5.41, 5.74) is 2.04. The van der Waals surface area contributed by atoms with Gasteiger partial charge in [0.1, 0.15) is 0 Å². The van der Waals surface area contributed by atoms with Crippen molar-refractivity contribution in [3.8, 4) is 0 Å². The van der Waals surface area contributed by atoms with Crippen LogP contribution in [-0.2, 0) is 0 Å². The Hall–Kier alpha value is -1.38. The standard InChI is InChI=1S/C7H7N3.2C2H6/c1-6-4-9-7-5-8-2-3-10(6)7;2*1-2/h2-5H,1H3;2*1-2H3. The van der Waals surface area contributed by atoms with Crippen molar-refractivity contribution in [3.63, 3.8) is 0 Å². The highest BCUT2D eigenvalue weighted by molar-refractivity contribution is 5.36. The first-order valence-electron chi connectivity index (χ1n) is 5.11. The molecule has 0 aliphatic carbocycles. The molecule has 0 saturated heterocycles. The third kappa shape index (κ3) is 2.83. The van der Waals surface area contributed by atoms with Crippen LogP contribution < -0.4 is 0 Å². The monoisotopic (exact) mass is 193 g/mol. The van der Waals surface area contributed by atoms with Gasteiger partial charge in [0.2, 0.25) is 0 Å². The molecule has 3 nitrogen and oxygen atoms in total. The van der Waals surface area contributed by atoms with Crippen LogP contribution in [0.15, 0.2) is 24.8 Å². The van der Waals surface area contributed by atoms with Crippen LogP contribution in [0.4, 0.5) is 0 Å². The molecule has 2 heterocycles. The van der Waals surface area contributed by atoms with E-state index in [0.717, 1.165) is 11.3 Å². The van der Waals surface area contributed by atoms with E-state index in [1.54, 1.807) is 12.4 Å². The Morgan fingerprint density at radius 3 is 2.29 bits per heavy atom. The van der Waals surface area contributed by atoms with Gasteiger partial charge < -0.3 is 4.40 Å². The number of rotatable bonds is 0. The van der Waals surface area contributed by atoms with E-state index < -0.39 is 0 Å². The summed E-state index contributed by atoms with van der Waals surface area (Å²) in [6, 6.07) is 0. The van der Waals surface area contributed by atoms with Crippen LogP contribution in [0.2, 0.25) is 0 Å². The van der Waals surface area contributed by atoms with Crippen LogP contribution in [0.25, 0.3) is 5.65 Å². The predicted molar refractivity (Wildman–Crippen MR) is 60.4 cm³/mol. The molecule has 78 valence electrons. The van der Waals surface area contributed by atoms with Gasteiger partial charge in [-0.15, -0.1) is 0 Å². The number of aromatic nitrogens is 3. The zero-order valence-corrected chi connectivity index (χ0v) is 9.65. The fourth-order valence-corrected chi connectivity index (χ4v) is 0.969. The number of hydrogen-bond donors (Lipinski definition) is 0. The third-order valence-electron chi connectivity index (χ3n) is 1.50. The Bertz CT molecular complexity index is 352. The van der Waals surface area contributed by atoms with Gasteiger partial charge in [-0.2, -0.15) is 0 Å². The number of hydrogen-bond acceptors (Lipinski definition) is 2. The molecule has 0 radical (unpaired) electrons. The van der Waals surface area contributed by atoms with Crippen LogP contribution in [-0.4, -0.2) is 14.4 Å². The minimum absolute atomic E-state index is 0.903. The summed E-state index contributed by atoms with van der Waals surface area (Å²) in [4.78, 5) is 8.06. The van der Waals surface area contributed by atoms with Crippen LogP contribution in [0, 0.1) is 6.92 Å². The van der Waals surface area contributed by atoms with Crippen molar-refractivity contribution in [2.45, 2.75) is 34.6 Å². The second-order valence-electron chi connectivity index (χ2n) is 2.20. The maximum absolute atomic E-state index is 4.12. The van der Waals surface area contributed by atoms with E-state index in [0.29, 0.717) is 0 Å². The molecular formula is C11H19N3. The Balaban J connectivity index is 0.000000379. The predicted octanol–water partition coefficient (Wildman–Crippen LogP) is 3.09. The van der Waals surface area contributed by atoms with Gasteiger partial charge >= 0.3 is 0 Å². The van der Waals surface area contributed by atoms with Crippen molar-refractivity contribution in [1.82, 2.24) is 14.4 Å². The zero-order valence-electron chi connectivity index (χ0n) is 9.65. The Morgan fingerprint density at radius 2 is 1.71 bits per heavy atom. The molecule has 0 unspecified atom stereocenters. The van der Waals surface area contributed by atoms with Crippen LogP contribution >= 0.6 is 0 Å². The van der Waals surface area contributed by atoms with Crippen LogP contribution in [0.1, 0.15) is 33.4 Å². The lowest BCUT2D eigenvalue weighted by Crippen LogP contribution is -1.85. The Morgan fingerprint density at radius 1 is 1.07 bits per heavy atom. The molecule has 2 aromatic rings. The second-order valence-corrected chi connectivity index (χ2v) is 2.20. The fraction of sp³-hybridized carbons (Fsp3) is 0.455. The van der Waals surface area contributed by atoms with Gasteiger partial charge in [-0.1, -0.05) is 27.7 Å². The summed E-state index contributed by atoms with van der Waals surface area (Å²) in [6.07, 6.45) is 7.23. The van der Waals surface area contributed by atoms with Gasteiger partial charge in [0, 0.05) is 24.3 Å². The van der Waals surface area contributed by atoms with E-state index in [9.17, 15) is 0 Å². The highest BCUT2D eigenvalue weighted by Crippen LogP contribution is 2.01. The fourth-order valence-electron chi connectivity index (χ4n) is 0.969. The van der Waals surface area contributed by atoms with Gasteiger partial charge in [-0.3, -0.25) is 4.98 Å². The van der Waals surface area contributed by atoms with E-state index in [4.69, 9.17) is 0 Å². The van der Waals surface area contributed by atoms with Gasteiger partial charge in [-0.05, 0) is 6.92 Å². The largest absolute Gasteiger partial charge is 0.302 e. The molecule has 14 heavy (non-hydrogen) atoms. The molecule has 0 bridgehead atoms. The normalized spacial score (nSPS) is 8.36. The summed E-state index contributed by atoms with van der Waals surface area (Å²) < 4.78 is 1.99. The average molecular weight is 193 g/mol. The Kier molecular flexibility index (Phi) is 6.37. The van der Waals surface area contributed by atoms with Crippen molar-refractivity contribution < 1.29 is 0 Å². The molecule has 0 atom stereocenters. The van der Waals surface area contributed by atoms with Gasteiger partial charge in [0.15, 0.2) is 5.65 Å². The maximum Gasteiger partial charge on any atom is 0.155 e. The molecule has 0 N–H and O–H groups in total. The number of aryl methyl sites for hydroxylation is 1. The molecule has 2 rings (SSSR count). The van der Waals surface area contributed by atoms with Gasteiger partial charge in [0.25, 0.3) is 0 Å². The summed E-state index contributed by atoms with van der Waals surface area (Å²) in [5.74, 6) is 0. The molecule has 0 aliphatic heterocycles. The van der Waals surface area contributed by atoms with Crippen LogP contribution in [0.3, 0.4) is 0 Å². The zero-order chi connectivity index (χ0) is 11.0. The molecule has 2 aromatic heterocycles. The molecule has 0 amide bonds. The SMILES string of the molecule is CC.CC.Cc1cnc2cnccn12. The van der Waals surface area contributed by atoms with Crippen molar-refractivity contribution in [2.75, 3.05) is 0 Å². The smallest absolute Gasteiger partial charge is 0.155 e. The minimum Gasteiger partial charge on any atom is -0.302 e. The molecule has 0 saturated carbocycles. The molecular weight excluding hydrogens is 174 g/mol. The lowest BCUT2D eigenvalue weighted by atomic mass is 10.5. The highest BCUT2D eigenvalue weighted by atomic mass is 15.0. The van der Waals surface area contributed by atoms with E-state index >= 15 is 0 Å². The molecule has 0 aliphatic rings. The van der Waals surface area contributed by atoms with Crippen LogP contribution in [0.5, 0.6) is 0 Å². The lowest BCUT2D eigenvalue weighted by Gasteiger charge is -1.91. The number of nitrogens with zero attached hydrogens (tertiary/aromatic N) is 3. The van der Waals surface area contributed by atoms with E-state index in [1.807, 2.05) is 51.4 Å². The minimum atomic E-state index is 0.903. The summed E-state index contributed by atoms with van der Waals surface area (Å²) >= 11 is 0. The van der Waals surface area contributed by atoms with Crippen molar-refractivity contribution in [2.24, 2.45) is 0 Å². The van der Waals surface area contributed by atoms with Gasteiger partial charge in [0.05, 0.1) is 6.20 Å². The Labute approximate surface area is 85.8 Å². The maximum atomic E-state index is 4.12. The second kappa shape index (κ2) is 7.06. The molecule has 0 fully saturated rings. The summed E-state index contributed by atoms with van der Waals surface area (Å²) in [6.45, 7) is 10.0. The topological polar surface area (TPSA) is 30.2 Å². The first-order valence-corrected chi connectivity index (χ1v) is 5.11. The molecule has 0 aromatic carbocycles. The quantitative estimate of drug-likeness (QED) is 0.643. The average Bonchev–Trinajstić information content (AvgIpc) is 2.67.